The molecule has 1 fully saturated rings. The van der Waals surface area contributed by atoms with Gasteiger partial charge in [-0.15, -0.1) is 15.8 Å². The molecule has 0 spiro atoms. The highest BCUT2D eigenvalue weighted by Crippen LogP contribution is 1.86. The predicted molar refractivity (Wildman–Crippen MR) is 36.7 cm³/mol. The van der Waals surface area contributed by atoms with Gasteiger partial charge in [-0.05, 0) is 0 Å². The second-order valence-corrected chi connectivity index (χ2v) is 2.29. The number of hydrogen-bond donors (Lipinski definition) is 3. The van der Waals surface area contributed by atoms with E-state index in [1.54, 1.807) is 0 Å². The van der Waals surface area contributed by atoms with Crippen LogP contribution in [0.5, 0.6) is 0 Å². The van der Waals surface area contributed by atoms with Crippen LogP contribution in [0.2, 0.25) is 0 Å². The molecule has 1 rings (SSSR count). The summed E-state index contributed by atoms with van der Waals surface area (Å²) in [5.74, 6) is -0.168. The van der Waals surface area contributed by atoms with E-state index in [-0.39, 0.29) is 5.81 Å². The lowest BCUT2D eigenvalue weighted by atomic mass is 9.81. The molecule has 0 aromatic rings. The lowest BCUT2D eigenvalue weighted by Gasteiger charge is -2.17. The van der Waals surface area contributed by atoms with Crippen LogP contribution >= 0.6 is 15.8 Å². The monoisotopic (exact) mass is 176 g/mol. The molecule has 8 heavy (non-hydrogen) atoms. The molecule has 0 unspecified atom stereocenters. The second kappa shape index (κ2) is 2.86. The summed E-state index contributed by atoms with van der Waals surface area (Å²) in [7, 11) is 0.293. The molecule has 1 radical (unpaired) electrons. The summed E-state index contributed by atoms with van der Waals surface area (Å²) in [6.07, 6.45) is 0. The molecular formula is H3B3BrFN3. The molecular weight excluding hydrogens is 173 g/mol. The van der Waals surface area contributed by atoms with Crippen LogP contribution in [-0.2, 0) is 0 Å². The van der Waals surface area contributed by atoms with Crippen LogP contribution in [0.3, 0.4) is 0 Å². The standard InChI is InChI=1S/B3BrFH3N3/c4-2-6-1-7-3(5)8-2/h6-8H. The summed E-state index contributed by atoms with van der Waals surface area (Å²) >= 11 is 3.10. The summed E-state index contributed by atoms with van der Waals surface area (Å²) in [5, 5.41) is 7.59. The average Bonchev–Trinajstić information content (AvgIpc) is 1.64. The van der Waals surface area contributed by atoms with Gasteiger partial charge in [0.15, 0.2) is 0 Å². The average molecular weight is 176 g/mol. The summed E-state index contributed by atoms with van der Waals surface area (Å²) in [4.78, 5) is 0. The van der Waals surface area contributed by atoms with Crippen molar-refractivity contribution in [2.45, 2.75) is 0 Å². The van der Waals surface area contributed by atoms with Crippen LogP contribution in [-0.4, -0.2) is 20.6 Å². The topological polar surface area (TPSA) is 36.1 Å². The molecule has 1 aliphatic heterocycles. The zero-order chi connectivity index (χ0) is 5.98. The number of hydrogen-bond acceptors (Lipinski definition) is 3. The van der Waals surface area contributed by atoms with Crippen molar-refractivity contribution < 1.29 is 4.32 Å². The normalized spacial score (nSPS) is 20.8. The molecule has 0 bridgehead atoms. The molecule has 3 N–H and O–H groups in total. The van der Waals surface area contributed by atoms with Crippen molar-refractivity contribution in [2.75, 3.05) is 0 Å². The van der Waals surface area contributed by atoms with Crippen molar-refractivity contribution in [3.05, 3.63) is 0 Å². The first-order chi connectivity index (χ1) is 3.79. The van der Waals surface area contributed by atoms with Gasteiger partial charge in [0.25, 0.3) is 7.55 Å². The maximum absolute atomic E-state index is 12.1. The van der Waals surface area contributed by atoms with E-state index < -0.39 is 7.26 Å². The fourth-order valence-electron chi connectivity index (χ4n) is 0.419. The Hall–Kier alpha value is 0.485. The van der Waals surface area contributed by atoms with Gasteiger partial charge in [-0.2, -0.15) is 0 Å². The Morgan fingerprint density at radius 3 is 2.62 bits per heavy atom. The third kappa shape index (κ3) is 1.77. The van der Waals surface area contributed by atoms with Crippen molar-refractivity contribution in [1.29, 1.82) is 0 Å². The Labute approximate surface area is 56.7 Å². The van der Waals surface area contributed by atoms with Crippen LogP contribution in [0, 0.1) is 0 Å². The van der Waals surface area contributed by atoms with Gasteiger partial charge in [0.1, 0.15) is 0 Å². The van der Waals surface area contributed by atoms with E-state index in [1.165, 1.54) is 7.55 Å². The molecule has 41 valence electrons. The van der Waals surface area contributed by atoms with Crippen LogP contribution in [0.4, 0.5) is 4.32 Å². The first kappa shape index (κ1) is 6.60. The summed E-state index contributed by atoms with van der Waals surface area (Å²) in [6.45, 7) is 0. The molecule has 1 saturated heterocycles. The highest BCUT2D eigenvalue weighted by atomic mass is 79.9. The van der Waals surface area contributed by atoms with E-state index in [4.69, 9.17) is 0 Å². The molecule has 0 amide bonds. The van der Waals surface area contributed by atoms with E-state index in [0.717, 1.165) is 0 Å². The summed E-state index contributed by atoms with van der Waals surface area (Å²) in [6, 6.07) is 0. The van der Waals surface area contributed by atoms with Crippen LogP contribution < -0.4 is 15.4 Å². The van der Waals surface area contributed by atoms with Crippen molar-refractivity contribution in [1.82, 2.24) is 15.4 Å². The van der Waals surface area contributed by atoms with Crippen molar-refractivity contribution in [2.24, 2.45) is 0 Å². The van der Waals surface area contributed by atoms with E-state index in [2.05, 4.69) is 31.2 Å². The fourth-order valence-corrected chi connectivity index (χ4v) is 0.783. The van der Waals surface area contributed by atoms with Crippen LogP contribution in [0.1, 0.15) is 0 Å². The van der Waals surface area contributed by atoms with E-state index >= 15 is 0 Å². The minimum absolute atomic E-state index is 0.168. The van der Waals surface area contributed by atoms with Gasteiger partial charge in [0.2, 0.25) is 0 Å². The van der Waals surface area contributed by atoms with Gasteiger partial charge in [-0.3, -0.25) is 4.32 Å². The molecule has 1 aliphatic rings. The zero-order valence-electron chi connectivity index (χ0n) is 3.99. The van der Waals surface area contributed by atoms with Gasteiger partial charge < -0.3 is 15.4 Å². The SMILES string of the molecule is FB1N[B]NB(Br)N1. The second-order valence-electron chi connectivity index (χ2n) is 1.37. The number of nitrogens with one attached hydrogen (secondary N) is 3. The third-order valence-electron chi connectivity index (χ3n) is 0.752. The first-order valence-corrected chi connectivity index (χ1v) is 3.08. The van der Waals surface area contributed by atoms with Gasteiger partial charge in [0.05, 0.1) is 0 Å². The van der Waals surface area contributed by atoms with Crippen molar-refractivity contribution >= 4 is 36.4 Å². The largest absolute Gasteiger partial charge is 0.495 e. The highest BCUT2D eigenvalue weighted by molar-refractivity contribution is 9.24. The quantitative estimate of drug-likeness (QED) is 0.399. The molecule has 0 aromatic carbocycles. The van der Waals surface area contributed by atoms with E-state index in [0.29, 0.717) is 0 Å². The number of rotatable bonds is 0. The maximum atomic E-state index is 12.1. The summed E-state index contributed by atoms with van der Waals surface area (Å²) in [5.41, 5.74) is 0. The summed E-state index contributed by atoms with van der Waals surface area (Å²) < 4.78 is 12.1. The Kier molecular flexibility index (Phi) is 2.36. The van der Waals surface area contributed by atoms with Gasteiger partial charge in [0, 0.05) is 0 Å². The highest BCUT2D eigenvalue weighted by Gasteiger charge is 2.25. The smallest absolute Gasteiger partial charge is 0.365 e. The Morgan fingerprint density at radius 2 is 2.25 bits per heavy atom. The Morgan fingerprint density at radius 1 is 1.50 bits per heavy atom. The van der Waals surface area contributed by atoms with Gasteiger partial charge in [-0.25, -0.2) is 0 Å². The van der Waals surface area contributed by atoms with Gasteiger partial charge in [-0.1, -0.05) is 0 Å². The molecule has 0 aliphatic carbocycles. The third-order valence-corrected chi connectivity index (χ3v) is 1.28. The maximum Gasteiger partial charge on any atom is 0.495 e. The lowest BCUT2D eigenvalue weighted by molar-refractivity contribution is 0.790. The van der Waals surface area contributed by atoms with E-state index in [1.807, 2.05) is 0 Å². The predicted octanol–water partition coefficient (Wildman–Crippen LogP) is -1.36. The lowest BCUT2D eigenvalue weighted by Crippen LogP contribution is -2.65. The minimum atomic E-state index is -1.15. The molecule has 0 atom stereocenters. The fraction of sp³-hybridized carbons (Fsp3) is 0. The Balaban J connectivity index is 2.23. The van der Waals surface area contributed by atoms with Crippen molar-refractivity contribution in [3.8, 4) is 0 Å². The van der Waals surface area contributed by atoms with Gasteiger partial charge >= 0.3 is 13.1 Å². The Bertz CT molecular complexity index is 72.9. The van der Waals surface area contributed by atoms with Crippen molar-refractivity contribution in [3.63, 3.8) is 0 Å². The zero-order valence-corrected chi connectivity index (χ0v) is 5.57. The molecule has 0 saturated carbocycles. The molecule has 0 aromatic heterocycles. The number of halogens is 2. The first-order valence-electron chi connectivity index (χ1n) is 2.17. The molecule has 8 heteroatoms. The van der Waals surface area contributed by atoms with Crippen LogP contribution in [0.15, 0.2) is 0 Å². The molecule has 1 heterocycles. The van der Waals surface area contributed by atoms with Crippen LogP contribution in [0.25, 0.3) is 0 Å². The minimum Gasteiger partial charge on any atom is -0.365 e. The van der Waals surface area contributed by atoms with E-state index in [9.17, 15) is 4.32 Å². The molecule has 3 nitrogen and oxygen atoms in total.